The lowest BCUT2D eigenvalue weighted by atomic mass is 10.1. The van der Waals surface area contributed by atoms with Gasteiger partial charge in [-0.1, -0.05) is 17.3 Å². The fourth-order valence-corrected chi connectivity index (χ4v) is 1.96. The van der Waals surface area contributed by atoms with Crippen LogP contribution < -0.4 is 10.1 Å². The monoisotopic (exact) mass is 290 g/mol. The number of aryl methyl sites for hydroxylation is 2. The molecule has 2 aromatic rings. The number of nitrogens with zero attached hydrogens (tertiary/aromatic N) is 3. The Hall–Kier alpha value is -1.92. The Bertz CT molecular complexity index is 525. The Balaban J connectivity index is 1.76. The number of ether oxygens (including phenoxy) is 2. The fraction of sp³-hybridized carbons (Fsp3) is 0.467. The highest BCUT2D eigenvalue weighted by Crippen LogP contribution is 2.12. The van der Waals surface area contributed by atoms with Crippen LogP contribution in [0.2, 0.25) is 0 Å². The fourth-order valence-electron chi connectivity index (χ4n) is 1.96. The Morgan fingerprint density at radius 2 is 2.00 bits per heavy atom. The molecule has 1 N–H and O–H groups in total. The van der Waals surface area contributed by atoms with Gasteiger partial charge in [-0.15, -0.1) is 5.10 Å². The molecule has 0 saturated heterocycles. The lowest BCUT2D eigenvalue weighted by Crippen LogP contribution is -2.18. The Kier molecular flexibility index (Phi) is 6.18. The van der Waals surface area contributed by atoms with Crippen molar-refractivity contribution in [1.82, 2.24) is 20.3 Å². The minimum atomic E-state index is 0.700. The molecule has 6 nitrogen and oxygen atoms in total. The van der Waals surface area contributed by atoms with Gasteiger partial charge in [-0.2, -0.15) is 0 Å². The van der Waals surface area contributed by atoms with Crippen LogP contribution in [0, 0.1) is 0 Å². The van der Waals surface area contributed by atoms with Crippen molar-refractivity contribution >= 4 is 0 Å². The molecular formula is C15H22N4O2. The van der Waals surface area contributed by atoms with E-state index < -0.39 is 0 Å². The zero-order chi connectivity index (χ0) is 14.9. The molecule has 0 fully saturated rings. The third kappa shape index (κ3) is 5.17. The van der Waals surface area contributed by atoms with E-state index in [-0.39, 0.29) is 0 Å². The van der Waals surface area contributed by atoms with Gasteiger partial charge >= 0.3 is 0 Å². The maximum Gasteiger partial charge on any atom is 0.118 e. The predicted octanol–water partition coefficient (Wildman–Crippen LogP) is 1.27. The van der Waals surface area contributed by atoms with Crippen LogP contribution in [-0.2, 0) is 24.2 Å². The summed E-state index contributed by atoms with van der Waals surface area (Å²) in [6, 6.07) is 8.09. The number of benzene rings is 1. The van der Waals surface area contributed by atoms with Crippen LogP contribution in [0.3, 0.4) is 0 Å². The Morgan fingerprint density at radius 3 is 2.71 bits per heavy atom. The lowest BCUT2D eigenvalue weighted by molar-refractivity contribution is 0.199. The molecular weight excluding hydrogens is 268 g/mol. The van der Waals surface area contributed by atoms with Gasteiger partial charge in [-0.25, -0.2) is 0 Å². The molecule has 0 unspecified atom stereocenters. The van der Waals surface area contributed by atoms with E-state index in [2.05, 4.69) is 27.8 Å². The summed E-state index contributed by atoms with van der Waals surface area (Å²) < 4.78 is 12.0. The minimum Gasteiger partial charge on any atom is -0.497 e. The molecule has 114 valence electrons. The van der Waals surface area contributed by atoms with Gasteiger partial charge in [0.15, 0.2) is 0 Å². The van der Waals surface area contributed by atoms with Crippen molar-refractivity contribution in [2.75, 3.05) is 27.4 Å². The van der Waals surface area contributed by atoms with E-state index in [1.54, 1.807) is 14.2 Å². The molecule has 0 radical (unpaired) electrons. The average Bonchev–Trinajstić information content (AvgIpc) is 2.98. The molecule has 21 heavy (non-hydrogen) atoms. The zero-order valence-electron chi connectivity index (χ0n) is 12.6. The first-order valence-corrected chi connectivity index (χ1v) is 7.03. The van der Waals surface area contributed by atoms with Gasteiger partial charge < -0.3 is 14.8 Å². The minimum absolute atomic E-state index is 0.700. The second kappa shape index (κ2) is 8.39. The number of rotatable bonds is 9. The van der Waals surface area contributed by atoms with Crippen LogP contribution in [0.5, 0.6) is 5.75 Å². The molecule has 1 heterocycles. The van der Waals surface area contributed by atoms with E-state index in [0.29, 0.717) is 13.2 Å². The molecule has 0 aliphatic rings. The summed E-state index contributed by atoms with van der Waals surface area (Å²) in [6.07, 6.45) is 2.90. The first kappa shape index (κ1) is 15.5. The van der Waals surface area contributed by atoms with Gasteiger partial charge in [0.1, 0.15) is 5.75 Å². The van der Waals surface area contributed by atoms with Crippen LogP contribution in [0.4, 0.5) is 0 Å². The van der Waals surface area contributed by atoms with Crippen LogP contribution in [0.1, 0.15) is 11.3 Å². The number of nitrogens with one attached hydrogen (secondary N) is 1. The lowest BCUT2D eigenvalue weighted by Gasteiger charge is -2.03. The standard InChI is InChI=1S/C15H22N4O2/c1-20-10-8-16-11-14-12-19(18-17-14)9-7-13-3-5-15(21-2)6-4-13/h3-6,12,16H,7-11H2,1-2H3. The summed E-state index contributed by atoms with van der Waals surface area (Å²) in [6.45, 7) is 3.05. The van der Waals surface area contributed by atoms with E-state index in [1.807, 2.05) is 23.0 Å². The number of hydrogen-bond acceptors (Lipinski definition) is 5. The highest BCUT2D eigenvalue weighted by Gasteiger charge is 2.01. The predicted molar refractivity (Wildman–Crippen MR) is 80.3 cm³/mol. The van der Waals surface area contributed by atoms with E-state index in [1.165, 1.54) is 5.56 Å². The molecule has 0 bridgehead atoms. The molecule has 0 aliphatic carbocycles. The topological polar surface area (TPSA) is 61.2 Å². The highest BCUT2D eigenvalue weighted by molar-refractivity contribution is 5.27. The Morgan fingerprint density at radius 1 is 1.19 bits per heavy atom. The average molecular weight is 290 g/mol. The molecule has 6 heteroatoms. The SMILES string of the molecule is COCCNCc1cn(CCc2ccc(OC)cc2)nn1. The van der Waals surface area contributed by atoms with Gasteiger partial charge in [0, 0.05) is 32.9 Å². The second-order valence-electron chi connectivity index (χ2n) is 4.74. The Labute approximate surface area is 125 Å². The first-order chi connectivity index (χ1) is 10.3. The third-order valence-corrected chi connectivity index (χ3v) is 3.16. The number of hydrogen-bond donors (Lipinski definition) is 1. The van der Waals surface area contributed by atoms with E-state index >= 15 is 0 Å². The number of methoxy groups -OCH3 is 2. The van der Waals surface area contributed by atoms with Gasteiger partial charge in [-0.05, 0) is 24.1 Å². The summed E-state index contributed by atoms with van der Waals surface area (Å²) in [5.74, 6) is 0.879. The maximum absolute atomic E-state index is 5.15. The molecule has 2 rings (SSSR count). The molecule has 0 aliphatic heterocycles. The molecule has 0 spiro atoms. The normalized spacial score (nSPS) is 10.8. The van der Waals surface area contributed by atoms with Crippen LogP contribution >= 0.6 is 0 Å². The van der Waals surface area contributed by atoms with Crippen molar-refractivity contribution in [3.05, 3.63) is 41.7 Å². The molecule has 0 atom stereocenters. The number of aromatic nitrogens is 3. The summed E-state index contributed by atoms with van der Waals surface area (Å²) in [5.41, 5.74) is 2.20. The van der Waals surface area contributed by atoms with E-state index in [9.17, 15) is 0 Å². The van der Waals surface area contributed by atoms with Crippen molar-refractivity contribution in [2.45, 2.75) is 19.5 Å². The summed E-state index contributed by atoms with van der Waals surface area (Å²) in [7, 11) is 3.36. The first-order valence-electron chi connectivity index (χ1n) is 7.03. The van der Waals surface area contributed by atoms with Gasteiger partial charge in [-0.3, -0.25) is 4.68 Å². The van der Waals surface area contributed by atoms with Gasteiger partial charge in [0.2, 0.25) is 0 Å². The highest BCUT2D eigenvalue weighted by atomic mass is 16.5. The molecule has 0 amide bonds. The third-order valence-electron chi connectivity index (χ3n) is 3.16. The van der Waals surface area contributed by atoms with Gasteiger partial charge in [0.25, 0.3) is 0 Å². The summed E-state index contributed by atoms with van der Waals surface area (Å²) >= 11 is 0. The maximum atomic E-state index is 5.15. The summed E-state index contributed by atoms with van der Waals surface area (Å²) in [5, 5.41) is 11.5. The van der Waals surface area contributed by atoms with Crippen molar-refractivity contribution in [3.63, 3.8) is 0 Å². The van der Waals surface area contributed by atoms with Crippen LogP contribution in [-0.4, -0.2) is 42.4 Å². The second-order valence-corrected chi connectivity index (χ2v) is 4.74. The smallest absolute Gasteiger partial charge is 0.118 e. The van der Waals surface area contributed by atoms with Crippen LogP contribution in [0.25, 0.3) is 0 Å². The largest absolute Gasteiger partial charge is 0.497 e. The molecule has 1 aromatic carbocycles. The molecule has 1 aromatic heterocycles. The van der Waals surface area contributed by atoms with Crippen molar-refractivity contribution in [3.8, 4) is 5.75 Å². The van der Waals surface area contributed by atoms with E-state index in [0.717, 1.165) is 31.0 Å². The van der Waals surface area contributed by atoms with Gasteiger partial charge in [0.05, 0.1) is 19.4 Å². The zero-order valence-corrected chi connectivity index (χ0v) is 12.6. The summed E-state index contributed by atoms with van der Waals surface area (Å²) in [4.78, 5) is 0. The van der Waals surface area contributed by atoms with Crippen molar-refractivity contribution in [1.29, 1.82) is 0 Å². The van der Waals surface area contributed by atoms with Crippen molar-refractivity contribution < 1.29 is 9.47 Å². The van der Waals surface area contributed by atoms with E-state index in [4.69, 9.17) is 9.47 Å². The molecule has 0 saturated carbocycles. The van der Waals surface area contributed by atoms with Crippen molar-refractivity contribution in [2.24, 2.45) is 0 Å². The quantitative estimate of drug-likeness (QED) is 0.705. The van der Waals surface area contributed by atoms with Crippen LogP contribution in [0.15, 0.2) is 30.5 Å².